The third kappa shape index (κ3) is 4.30. The van der Waals surface area contributed by atoms with Crippen LogP contribution in [0, 0.1) is 29.5 Å². The molecule has 4 heteroatoms. The van der Waals surface area contributed by atoms with E-state index in [1.54, 1.807) is 12.3 Å². The minimum atomic E-state index is -0.238. The van der Waals surface area contributed by atoms with Gasteiger partial charge in [0.25, 0.3) is 0 Å². The van der Waals surface area contributed by atoms with Gasteiger partial charge in [0.05, 0.1) is 5.69 Å². The molecule has 1 aromatic heterocycles. The van der Waals surface area contributed by atoms with Gasteiger partial charge in [-0.15, -0.1) is 0 Å². The van der Waals surface area contributed by atoms with Gasteiger partial charge in [0.1, 0.15) is 5.82 Å². The largest absolute Gasteiger partial charge is 0.342 e. The van der Waals surface area contributed by atoms with E-state index in [0.29, 0.717) is 23.7 Å². The Morgan fingerprint density at radius 3 is 2.65 bits per heavy atom. The molecular formula is C27H31FN2O. The number of hydrogen-bond acceptors (Lipinski definition) is 2. The van der Waals surface area contributed by atoms with Crippen molar-refractivity contribution < 1.29 is 9.18 Å². The van der Waals surface area contributed by atoms with E-state index in [1.165, 1.54) is 37.8 Å². The minimum Gasteiger partial charge on any atom is -0.342 e. The number of rotatable bonds is 4. The molecular weight excluding hydrogens is 387 g/mol. The van der Waals surface area contributed by atoms with Crippen molar-refractivity contribution in [2.75, 3.05) is 13.1 Å². The lowest BCUT2D eigenvalue weighted by molar-refractivity contribution is -0.135. The quantitative estimate of drug-likeness (QED) is 0.613. The highest BCUT2D eigenvalue weighted by molar-refractivity contribution is 5.80. The maximum Gasteiger partial charge on any atom is 0.226 e. The van der Waals surface area contributed by atoms with Crippen molar-refractivity contribution in [1.82, 2.24) is 9.88 Å². The number of halogens is 1. The molecule has 0 unspecified atom stereocenters. The number of likely N-dealkylation sites (tertiary alicyclic amines) is 1. The van der Waals surface area contributed by atoms with Crippen LogP contribution in [0.25, 0.3) is 17.2 Å². The topological polar surface area (TPSA) is 33.2 Å². The van der Waals surface area contributed by atoms with Crippen LogP contribution in [-0.4, -0.2) is 28.9 Å². The molecule has 0 N–H and O–H groups in total. The molecule has 1 saturated heterocycles. The first kappa shape index (κ1) is 20.4. The number of carbonyl (C=O) groups excluding carboxylic acids is 1. The second-order valence-corrected chi connectivity index (χ2v) is 9.50. The van der Waals surface area contributed by atoms with Crippen LogP contribution in [0.1, 0.15) is 50.6 Å². The summed E-state index contributed by atoms with van der Waals surface area (Å²) in [6.45, 7) is 1.87. The van der Waals surface area contributed by atoms with Crippen LogP contribution in [0.15, 0.2) is 48.7 Å². The van der Waals surface area contributed by atoms with Crippen molar-refractivity contribution in [1.29, 1.82) is 0 Å². The van der Waals surface area contributed by atoms with Gasteiger partial charge in [-0.1, -0.05) is 43.5 Å². The van der Waals surface area contributed by atoms with Crippen LogP contribution in [0.5, 0.6) is 0 Å². The second-order valence-electron chi connectivity index (χ2n) is 9.50. The molecule has 31 heavy (non-hydrogen) atoms. The SMILES string of the molecule is O=C([C@H]1C[C@H]2CCCC[C@H]2[C@@H]1C=Cc1ccc(-c2cccc(F)c2)cn1)N1CCCC1. The average Bonchev–Trinajstić information content (AvgIpc) is 3.46. The summed E-state index contributed by atoms with van der Waals surface area (Å²) in [5, 5.41) is 0. The van der Waals surface area contributed by atoms with E-state index >= 15 is 0 Å². The number of hydrogen-bond donors (Lipinski definition) is 0. The molecule has 2 heterocycles. The third-order valence-corrected chi connectivity index (χ3v) is 7.65. The highest BCUT2D eigenvalue weighted by Crippen LogP contribution is 2.50. The van der Waals surface area contributed by atoms with Crippen molar-refractivity contribution in [3.8, 4) is 11.1 Å². The number of benzene rings is 1. The highest BCUT2D eigenvalue weighted by atomic mass is 19.1. The summed E-state index contributed by atoms with van der Waals surface area (Å²) in [5.41, 5.74) is 2.64. The summed E-state index contributed by atoms with van der Waals surface area (Å²) in [6.07, 6.45) is 14.7. The lowest BCUT2D eigenvalue weighted by Gasteiger charge is -2.29. The first-order valence-corrected chi connectivity index (χ1v) is 11.9. The molecule has 2 aromatic rings. The zero-order chi connectivity index (χ0) is 21.2. The van der Waals surface area contributed by atoms with Gasteiger partial charge in [-0.2, -0.15) is 0 Å². The number of allylic oxidation sites excluding steroid dienone is 1. The fraction of sp³-hybridized carbons (Fsp3) is 0.481. The molecule has 3 fully saturated rings. The predicted octanol–water partition coefficient (Wildman–Crippen LogP) is 5.97. The van der Waals surface area contributed by atoms with Crippen LogP contribution in [0.3, 0.4) is 0 Å². The smallest absolute Gasteiger partial charge is 0.226 e. The minimum absolute atomic E-state index is 0.133. The van der Waals surface area contributed by atoms with Gasteiger partial charge >= 0.3 is 0 Å². The fourth-order valence-electron chi connectivity index (χ4n) is 6.08. The Balaban J connectivity index is 1.35. The number of aromatic nitrogens is 1. The van der Waals surface area contributed by atoms with Gasteiger partial charge in [0.15, 0.2) is 0 Å². The molecule has 1 aliphatic heterocycles. The Morgan fingerprint density at radius 2 is 1.87 bits per heavy atom. The first-order chi connectivity index (χ1) is 15.2. The summed E-state index contributed by atoms with van der Waals surface area (Å²) >= 11 is 0. The fourth-order valence-corrected chi connectivity index (χ4v) is 6.08. The number of fused-ring (bicyclic) bond motifs is 1. The Bertz CT molecular complexity index is 948. The summed E-state index contributed by atoms with van der Waals surface area (Å²) in [6, 6.07) is 10.6. The zero-order valence-electron chi connectivity index (χ0n) is 18.1. The van der Waals surface area contributed by atoms with Crippen LogP contribution in [0.2, 0.25) is 0 Å². The summed E-state index contributed by atoms with van der Waals surface area (Å²) in [5.74, 6) is 1.93. The van der Waals surface area contributed by atoms with Gasteiger partial charge in [-0.05, 0) is 73.3 Å². The number of nitrogens with zero attached hydrogens (tertiary/aromatic N) is 2. The Labute approximate surface area is 184 Å². The zero-order valence-corrected chi connectivity index (χ0v) is 18.1. The molecule has 0 radical (unpaired) electrons. The summed E-state index contributed by atoms with van der Waals surface area (Å²) in [4.78, 5) is 20.0. The number of pyridine rings is 1. The molecule has 1 amide bonds. The van der Waals surface area contributed by atoms with Crippen molar-refractivity contribution in [2.24, 2.45) is 23.7 Å². The summed E-state index contributed by atoms with van der Waals surface area (Å²) < 4.78 is 13.5. The monoisotopic (exact) mass is 418 g/mol. The molecule has 162 valence electrons. The van der Waals surface area contributed by atoms with E-state index in [0.717, 1.165) is 49.2 Å². The van der Waals surface area contributed by atoms with Crippen molar-refractivity contribution in [2.45, 2.75) is 44.9 Å². The van der Waals surface area contributed by atoms with Crippen LogP contribution in [-0.2, 0) is 4.79 Å². The third-order valence-electron chi connectivity index (χ3n) is 7.65. The highest BCUT2D eigenvalue weighted by Gasteiger charge is 2.46. The molecule has 3 aliphatic rings. The van der Waals surface area contributed by atoms with E-state index in [4.69, 9.17) is 0 Å². The molecule has 0 spiro atoms. The maximum absolute atomic E-state index is 13.5. The number of carbonyl (C=O) groups is 1. The van der Waals surface area contributed by atoms with Crippen molar-refractivity contribution >= 4 is 12.0 Å². The van der Waals surface area contributed by atoms with Gasteiger partial charge in [-0.25, -0.2) is 4.39 Å². The first-order valence-electron chi connectivity index (χ1n) is 11.9. The Kier molecular flexibility index (Phi) is 5.89. The lowest BCUT2D eigenvalue weighted by Crippen LogP contribution is -2.35. The van der Waals surface area contributed by atoms with Crippen molar-refractivity contribution in [3.05, 3.63) is 60.2 Å². The van der Waals surface area contributed by atoms with Crippen LogP contribution in [0.4, 0.5) is 4.39 Å². The molecule has 4 atom stereocenters. The molecule has 0 bridgehead atoms. The predicted molar refractivity (Wildman–Crippen MR) is 122 cm³/mol. The van der Waals surface area contributed by atoms with Crippen LogP contribution < -0.4 is 0 Å². The number of amides is 1. The standard InChI is InChI=1S/C27H31FN2O/c28-22-8-5-7-19(16-22)21-10-11-23(29-18-21)12-13-25-24-9-2-1-6-20(24)17-26(25)27(31)30-14-3-4-15-30/h5,7-8,10-13,16,18,20,24-26H,1-4,6,9,14-15,17H2/t20-,24-,25+,26+/m1/s1. The Hall–Kier alpha value is -2.49. The molecule has 1 aromatic carbocycles. The van der Waals surface area contributed by atoms with Gasteiger partial charge < -0.3 is 4.90 Å². The van der Waals surface area contributed by atoms with Gasteiger partial charge in [-0.3, -0.25) is 9.78 Å². The van der Waals surface area contributed by atoms with Gasteiger partial charge in [0.2, 0.25) is 5.91 Å². The van der Waals surface area contributed by atoms with Crippen LogP contribution >= 0.6 is 0 Å². The van der Waals surface area contributed by atoms with Crippen molar-refractivity contribution in [3.63, 3.8) is 0 Å². The summed E-state index contributed by atoms with van der Waals surface area (Å²) in [7, 11) is 0. The molecule has 5 rings (SSSR count). The van der Waals surface area contributed by atoms with E-state index < -0.39 is 0 Å². The molecule has 3 nitrogen and oxygen atoms in total. The second kappa shape index (κ2) is 8.94. The Morgan fingerprint density at radius 1 is 1.03 bits per heavy atom. The van der Waals surface area contributed by atoms with Gasteiger partial charge in [0, 0.05) is 30.8 Å². The normalized spacial score (nSPS) is 28.2. The van der Waals surface area contributed by atoms with E-state index in [1.807, 2.05) is 18.2 Å². The maximum atomic E-state index is 13.5. The van der Waals surface area contributed by atoms with E-state index in [9.17, 15) is 9.18 Å². The molecule has 2 saturated carbocycles. The van der Waals surface area contributed by atoms with E-state index in [-0.39, 0.29) is 11.7 Å². The molecule has 2 aliphatic carbocycles. The average molecular weight is 419 g/mol. The lowest BCUT2D eigenvalue weighted by atomic mass is 9.77. The van der Waals surface area contributed by atoms with E-state index in [2.05, 4.69) is 22.0 Å².